The summed E-state index contributed by atoms with van der Waals surface area (Å²) in [6.07, 6.45) is 2.21. The number of alkyl halides is 1. The van der Waals surface area contributed by atoms with Crippen molar-refractivity contribution in [2.75, 3.05) is 0 Å². The molecule has 1 aromatic carbocycles. The van der Waals surface area contributed by atoms with Gasteiger partial charge in [-0.15, -0.1) is 11.6 Å². The molecule has 1 heterocycles. The van der Waals surface area contributed by atoms with Crippen LogP contribution in [0.25, 0.3) is 11.0 Å². The number of aromatic nitrogens is 2. The van der Waals surface area contributed by atoms with Crippen molar-refractivity contribution in [3.8, 4) is 0 Å². The standard InChI is InChI=1S/C13H13ClF2N2/c1-13(4-5-13)7-18-10(6-14)17-9-3-2-8(15)11(16)12(9)18/h2-3H,4-7H2,1H3. The second-order valence-electron chi connectivity index (χ2n) is 5.29. The maximum absolute atomic E-state index is 13.9. The van der Waals surface area contributed by atoms with Gasteiger partial charge in [0.15, 0.2) is 11.6 Å². The van der Waals surface area contributed by atoms with Gasteiger partial charge in [0.25, 0.3) is 0 Å². The van der Waals surface area contributed by atoms with E-state index in [2.05, 4.69) is 11.9 Å². The molecule has 1 aromatic heterocycles. The summed E-state index contributed by atoms with van der Waals surface area (Å²) in [7, 11) is 0. The van der Waals surface area contributed by atoms with Gasteiger partial charge in [0.2, 0.25) is 0 Å². The Labute approximate surface area is 109 Å². The fourth-order valence-corrected chi connectivity index (χ4v) is 2.43. The topological polar surface area (TPSA) is 17.8 Å². The molecular formula is C13H13ClF2N2. The van der Waals surface area contributed by atoms with E-state index in [1.54, 1.807) is 4.57 Å². The maximum Gasteiger partial charge on any atom is 0.184 e. The molecule has 0 aliphatic heterocycles. The van der Waals surface area contributed by atoms with E-state index in [0.29, 0.717) is 17.9 Å². The van der Waals surface area contributed by atoms with Crippen molar-refractivity contribution in [3.63, 3.8) is 0 Å². The van der Waals surface area contributed by atoms with E-state index in [0.717, 1.165) is 18.9 Å². The van der Waals surface area contributed by atoms with Crippen LogP contribution in [0.3, 0.4) is 0 Å². The van der Waals surface area contributed by atoms with Crippen LogP contribution in [0.1, 0.15) is 25.6 Å². The molecule has 5 heteroatoms. The van der Waals surface area contributed by atoms with E-state index in [9.17, 15) is 8.78 Å². The molecule has 0 atom stereocenters. The number of halogens is 3. The van der Waals surface area contributed by atoms with Gasteiger partial charge in [0.1, 0.15) is 11.3 Å². The second-order valence-corrected chi connectivity index (χ2v) is 5.55. The first-order valence-electron chi connectivity index (χ1n) is 5.93. The largest absolute Gasteiger partial charge is 0.324 e. The fourth-order valence-electron chi connectivity index (χ4n) is 2.23. The maximum atomic E-state index is 13.9. The molecule has 0 N–H and O–H groups in total. The summed E-state index contributed by atoms with van der Waals surface area (Å²) in [5.41, 5.74) is 0.875. The van der Waals surface area contributed by atoms with Gasteiger partial charge in [0, 0.05) is 6.54 Å². The lowest BCUT2D eigenvalue weighted by Crippen LogP contribution is -2.11. The van der Waals surface area contributed by atoms with Crippen molar-refractivity contribution in [1.82, 2.24) is 9.55 Å². The minimum absolute atomic E-state index is 0.174. The number of hydrogen-bond donors (Lipinski definition) is 0. The predicted molar refractivity (Wildman–Crippen MR) is 66.5 cm³/mol. The summed E-state index contributed by atoms with van der Waals surface area (Å²) in [5, 5.41) is 0. The van der Waals surface area contributed by atoms with E-state index in [1.165, 1.54) is 6.07 Å². The predicted octanol–water partition coefficient (Wildman–Crippen LogP) is 3.85. The Balaban J connectivity index is 2.21. The summed E-state index contributed by atoms with van der Waals surface area (Å²) in [5.74, 6) is -0.873. The molecule has 2 nitrogen and oxygen atoms in total. The average molecular weight is 271 g/mol. The third-order valence-electron chi connectivity index (χ3n) is 3.64. The summed E-state index contributed by atoms with van der Waals surface area (Å²) in [6.45, 7) is 2.78. The molecule has 18 heavy (non-hydrogen) atoms. The van der Waals surface area contributed by atoms with Gasteiger partial charge in [-0.3, -0.25) is 0 Å². The van der Waals surface area contributed by atoms with Crippen LogP contribution >= 0.6 is 11.6 Å². The molecule has 0 amide bonds. The van der Waals surface area contributed by atoms with Crippen LogP contribution in [0.15, 0.2) is 12.1 Å². The number of fused-ring (bicyclic) bond motifs is 1. The monoisotopic (exact) mass is 270 g/mol. The molecule has 3 rings (SSSR count). The van der Waals surface area contributed by atoms with E-state index in [4.69, 9.17) is 11.6 Å². The van der Waals surface area contributed by atoms with Crippen molar-refractivity contribution in [3.05, 3.63) is 29.6 Å². The van der Waals surface area contributed by atoms with Crippen LogP contribution in [-0.4, -0.2) is 9.55 Å². The Hall–Kier alpha value is -1.16. The van der Waals surface area contributed by atoms with Gasteiger partial charge >= 0.3 is 0 Å². The molecule has 1 fully saturated rings. The molecule has 1 saturated carbocycles. The average Bonchev–Trinajstić information content (AvgIpc) is 2.96. The first-order chi connectivity index (χ1) is 8.54. The third-order valence-corrected chi connectivity index (χ3v) is 3.88. The molecule has 2 aromatic rings. The van der Waals surface area contributed by atoms with Crippen molar-refractivity contribution in [2.45, 2.75) is 32.2 Å². The van der Waals surface area contributed by atoms with Crippen LogP contribution in [0.4, 0.5) is 8.78 Å². The summed E-state index contributed by atoms with van der Waals surface area (Å²) in [6, 6.07) is 2.60. The Bertz CT molecular complexity index is 617. The molecule has 0 saturated heterocycles. The molecule has 1 aliphatic rings. The summed E-state index contributed by atoms with van der Waals surface area (Å²) < 4.78 is 29.0. The highest BCUT2D eigenvalue weighted by atomic mass is 35.5. The smallest absolute Gasteiger partial charge is 0.184 e. The van der Waals surface area contributed by atoms with Crippen LogP contribution < -0.4 is 0 Å². The van der Waals surface area contributed by atoms with E-state index >= 15 is 0 Å². The molecule has 0 bridgehead atoms. The van der Waals surface area contributed by atoms with E-state index in [-0.39, 0.29) is 16.8 Å². The first-order valence-corrected chi connectivity index (χ1v) is 6.47. The van der Waals surface area contributed by atoms with Gasteiger partial charge in [-0.1, -0.05) is 6.92 Å². The summed E-state index contributed by atoms with van der Waals surface area (Å²) >= 11 is 5.85. The zero-order valence-corrected chi connectivity index (χ0v) is 10.8. The Kier molecular flexibility index (Phi) is 2.59. The van der Waals surface area contributed by atoms with Gasteiger partial charge in [0.05, 0.1) is 11.4 Å². The Morgan fingerprint density at radius 1 is 1.39 bits per heavy atom. The zero-order valence-electron chi connectivity index (χ0n) is 10.0. The first kappa shape index (κ1) is 11.9. The summed E-state index contributed by atoms with van der Waals surface area (Å²) in [4.78, 5) is 4.27. The zero-order chi connectivity index (χ0) is 12.9. The van der Waals surface area contributed by atoms with E-state index in [1.807, 2.05) is 0 Å². The fraction of sp³-hybridized carbons (Fsp3) is 0.462. The minimum Gasteiger partial charge on any atom is -0.324 e. The highest BCUT2D eigenvalue weighted by Crippen LogP contribution is 2.47. The van der Waals surface area contributed by atoms with Crippen molar-refractivity contribution in [2.24, 2.45) is 5.41 Å². The molecule has 0 radical (unpaired) electrons. The number of hydrogen-bond acceptors (Lipinski definition) is 1. The normalized spacial score (nSPS) is 17.3. The van der Waals surface area contributed by atoms with Crippen molar-refractivity contribution in [1.29, 1.82) is 0 Å². The number of rotatable bonds is 3. The van der Waals surface area contributed by atoms with Crippen LogP contribution in [0.2, 0.25) is 0 Å². The van der Waals surface area contributed by atoms with Gasteiger partial charge in [-0.2, -0.15) is 0 Å². The van der Waals surface area contributed by atoms with Crippen molar-refractivity contribution < 1.29 is 8.78 Å². The molecule has 96 valence electrons. The highest BCUT2D eigenvalue weighted by molar-refractivity contribution is 6.16. The van der Waals surface area contributed by atoms with E-state index < -0.39 is 11.6 Å². The number of nitrogens with zero attached hydrogens (tertiary/aromatic N) is 2. The van der Waals surface area contributed by atoms with Crippen LogP contribution in [-0.2, 0) is 12.4 Å². The number of benzene rings is 1. The molecular weight excluding hydrogens is 258 g/mol. The van der Waals surface area contributed by atoms with Gasteiger partial charge in [-0.25, -0.2) is 13.8 Å². The molecule has 1 aliphatic carbocycles. The third kappa shape index (κ3) is 1.79. The second kappa shape index (κ2) is 3.92. The number of imidazole rings is 1. The lowest BCUT2D eigenvalue weighted by molar-refractivity contribution is 0.455. The van der Waals surface area contributed by atoms with Crippen LogP contribution in [0.5, 0.6) is 0 Å². The Morgan fingerprint density at radius 2 is 2.11 bits per heavy atom. The Morgan fingerprint density at radius 3 is 2.72 bits per heavy atom. The van der Waals surface area contributed by atoms with Crippen molar-refractivity contribution >= 4 is 22.6 Å². The SMILES string of the molecule is CC1(Cn2c(CCl)nc3ccc(F)c(F)c32)CC1. The lowest BCUT2D eigenvalue weighted by Gasteiger charge is -2.13. The highest BCUT2D eigenvalue weighted by Gasteiger charge is 2.38. The lowest BCUT2D eigenvalue weighted by atomic mass is 10.1. The molecule has 0 unspecified atom stereocenters. The quantitative estimate of drug-likeness (QED) is 0.775. The van der Waals surface area contributed by atoms with Gasteiger partial charge in [-0.05, 0) is 30.4 Å². The van der Waals surface area contributed by atoms with Crippen LogP contribution in [0, 0.1) is 17.0 Å². The molecule has 0 spiro atoms. The minimum atomic E-state index is -0.842. The van der Waals surface area contributed by atoms with Gasteiger partial charge < -0.3 is 4.57 Å².